The van der Waals surface area contributed by atoms with E-state index in [2.05, 4.69) is 92.0 Å². The number of nitrogens with zero attached hydrogens (tertiary/aromatic N) is 2. The van der Waals surface area contributed by atoms with E-state index in [1.807, 2.05) is 0 Å². The van der Waals surface area contributed by atoms with Gasteiger partial charge in [0.2, 0.25) is 0 Å². The molecule has 0 spiro atoms. The number of hydrogen-bond donors (Lipinski definition) is 0. The largest absolute Gasteiger partial charge is 0.409 e. The molecule has 1 aromatic heterocycles. The van der Waals surface area contributed by atoms with Crippen LogP contribution in [0.25, 0.3) is 6.08 Å². The van der Waals surface area contributed by atoms with Crippen LogP contribution in [0.4, 0.5) is 5.82 Å². The van der Waals surface area contributed by atoms with E-state index in [9.17, 15) is 0 Å². The zero-order valence-electron chi connectivity index (χ0n) is 14.0. The molecule has 0 saturated carbocycles. The summed E-state index contributed by atoms with van der Waals surface area (Å²) in [5, 5.41) is 0. The van der Waals surface area contributed by atoms with Gasteiger partial charge in [-0.2, -0.15) is 0 Å². The first-order valence-electron chi connectivity index (χ1n) is 8.10. The smallest absolute Gasteiger partial charge is 0.293 e. The van der Waals surface area contributed by atoms with Crippen LogP contribution in [0.5, 0.6) is 0 Å². The van der Waals surface area contributed by atoms with Crippen LogP contribution < -0.4 is 14.8 Å². The number of aryl methyl sites for hydroxylation is 1. The summed E-state index contributed by atoms with van der Waals surface area (Å²) < 4.78 is 2.21. The molecule has 0 bridgehead atoms. The van der Waals surface area contributed by atoms with Gasteiger partial charge in [0.25, 0.3) is 5.82 Å². The van der Waals surface area contributed by atoms with Gasteiger partial charge in [-0.25, -0.2) is 4.57 Å². The quantitative estimate of drug-likeness (QED) is 0.623. The van der Waals surface area contributed by atoms with Crippen LogP contribution >= 0.6 is 0 Å². The minimum Gasteiger partial charge on any atom is -0.293 e. The van der Waals surface area contributed by atoms with Gasteiger partial charge in [0.1, 0.15) is 0 Å². The number of pyridine rings is 1. The summed E-state index contributed by atoms with van der Waals surface area (Å²) in [5.74, 6) is 1.92. The molecule has 0 atom stereocenters. The van der Waals surface area contributed by atoms with Crippen LogP contribution in [0.1, 0.15) is 25.0 Å². The van der Waals surface area contributed by atoms with Crippen LogP contribution in [-0.4, -0.2) is 6.85 Å². The molecule has 0 amide bonds. The third kappa shape index (κ3) is 2.80. The average molecular weight is 291 g/mol. The molecule has 1 aliphatic heterocycles. The van der Waals surface area contributed by atoms with E-state index in [4.69, 9.17) is 0 Å². The van der Waals surface area contributed by atoms with Crippen LogP contribution in [0, 0.1) is 5.92 Å². The van der Waals surface area contributed by atoms with Crippen LogP contribution in [0.3, 0.4) is 0 Å². The van der Waals surface area contributed by atoms with E-state index < -0.39 is 0 Å². The van der Waals surface area contributed by atoms with Crippen molar-refractivity contribution in [2.75, 3.05) is 4.81 Å². The Hall–Kier alpha value is -2.03. The molecular weight excluding hydrogens is 267 g/mol. The zero-order valence-corrected chi connectivity index (χ0v) is 14.0. The molecule has 1 aliphatic rings. The Labute approximate surface area is 134 Å². The maximum Gasteiger partial charge on any atom is 0.409 e. The second-order valence-electron chi connectivity index (χ2n) is 6.63. The highest BCUT2D eigenvalue weighted by atomic mass is 15.2. The lowest BCUT2D eigenvalue weighted by atomic mass is 9.54. The van der Waals surface area contributed by atoms with Gasteiger partial charge >= 0.3 is 6.85 Å². The Morgan fingerprint density at radius 2 is 1.95 bits per heavy atom. The summed E-state index contributed by atoms with van der Waals surface area (Å²) in [6.07, 6.45) is 7.72. The molecule has 3 rings (SSSR count). The number of fused-ring (bicyclic) bond motifs is 1. The summed E-state index contributed by atoms with van der Waals surface area (Å²) in [4.78, 5) is 2.37. The van der Waals surface area contributed by atoms with Crippen molar-refractivity contribution in [2.45, 2.75) is 27.1 Å². The van der Waals surface area contributed by atoms with Crippen molar-refractivity contribution < 1.29 is 4.57 Å². The molecule has 2 heterocycles. The van der Waals surface area contributed by atoms with Crippen molar-refractivity contribution in [2.24, 2.45) is 13.0 Å². The second kappa shape index (κ2) is 6.00. The molecular formula is C19H24BN2+. The Kier molecular flexibility index (Phi) is 4.06. The van der Waals surface area contributed by atoms with E-state index in [-0.39, 0.29) is 0 Å². The summed E-state index contributed by atoms with van der Waals surface area (Å²) in [6, 6.07) is 13.2. The maximum atomic E-state index is 2.37. The van der Waals surface area contributed by atoms with Crippen LogP contribution in [0.2, 0.25) is 6.82 Å². The Bertz CT molecular complexity index is 706. The molecule has 2 aromatic rings. The van der Waals surface area contributed by atoms with Crippen LogP contribution in [-0.2, 0) is 13.5 Å². The zero-order chi connectivity index (χ0) is 15.7. The fourth-order valence-electron chi connectivity index (χ4n) is 3.21. The summed E-state index contributed by atoms with van der Waals surface area (Å²) in [6.45, 7) is 7.16. The van der Waals surface area contributed by atoms with Crippen molar-refractivity contribution >= 4 is 24.2 Å². The van der Waals surface area contributed by atoms with Gasteiger partial charge < -0.3 is 0 Å². The minimum atomic E-state index is 0.349. The third-order valence-corrected chi connectivity index (χ3v) is 4.37. The van der Waals surface area contributed by atoms with Crippen molar-refractivity contribution in [3.8, 4) is 0 Å². The SMILES string of the molecule is CB1c2ccccc2C=CN1c1cc(CC(C)C)cc[n+]1C. The fourth-order valence-corrected chi connectivity index (χ4v) is 3.21. The number of hydrogen-bond acceptors (Lipinski definition) is 1. The fraction of sp³-hybridized carbons (Fsp3) is 0.316. The normalized spacial score (nSPS) is 13.7. The Balaban J connectivity index is 1.98. The predicted molar refractivity (Wildman–Crippen MR) is 95.4 cm³/mol. The molecule has 0 saturated heterocycles. The monoisotopic (exact) mass is 291 g/mol. The number of aromatic nitrogens is 1. The highest BCUT2D eigenvalue weighted by molar-refractivity contribution is 6.77. The van der Waals surface area contributed by atoms with Gasteiger partial charge in [-0.3, -0.25) is 4.81 Å². The van der Waals surface area contributed by atoms with Crippen LogP contribution in [0.15, 0.2) is 48.8 Å². The second-order valence-corrected chi connectivity index (χ2v) is 6.63. The van der Waals surface area contributed by atoms with Crippen molar-refractivity contribution in [1.82, 2.24) is 0 Å². The van der Waals surface area contributed by atoms with E-state index in [1.54, 1.807) is 0 Å². The highest BCUT2D eigenvalue weighted by Crippen LogP contribution is 2.20. The summed E-state index contributed by atoms with van der Waals surface area (Å²) in [5.41, 5.74) is 4.12. The van der Waals surface area contributed by atoms with Gasteiger partial charge in [0, 0.05) is 6.07 Å². The Morgan fingerprint density at radius 3 is 2.73 bits per heavy atom. The molecule has 2 nitrogen and oxygen atoms in total. The van der Waals surface area contributed by atoms with Gasteiger partial charge in [0.05, 0.1) is 19.4 Å². The molecule has 0 aliphatic carbocycles. The molecule has 0 N–H and O–H groups in total. The van der Waals surface area contributed by atoms with Crippen molar-refractivity contribution in [1.29, 1.82) is 0 Å². The summed E-state index contributed by atoms with van der Waals surface area (Å²) >= 11 is 0. The third-order valence-electron chi connectivity index (χ3n) is 4.37. The standard InChI is InChI=1S/C19H24BN2/c1-15(2)13-16-9-11-21(4)19(14-16)22-12-10-17-7-5-6-8-18(17)20(22)3/h5-12,14-15H,13H2,1-4H3/q+1. The first-order valence-corrected chi connectivity index (χ1v) is 8.10. The topological polar surface area (TPSA) is 7.12 Å². The first-order chi connectivity index (χ1) is 10.6. The molecule has 0 radical (unpaired) electrons. The van der Waals surface area contributed by atoms with Gasteiger partial charge in [-0.1, -0.05) is 38.1 Å². The van der Waals surface area contributed by atoms with Crippen molar-refractivity contribution in [3.05, 3.63) is 59.9 Å². The number of anilines is 1. The molecule has 0 fully saturated rings. The Morgan fingerprint density at radius 1 is 1.18 bits per heavy atom. The van der Waals surface area contributed by atoms with E-state index >= 15 is 0 Å². The van der Waals surface area contributed by atoms with E-state index in [1.165, 1.54) is 22.4 Å². The van der Waals surface area contributed by atoms with E-state index in [0.29, 0.717) is 12.8 Å². The molecule has 0 unspecified atom stereocenters. The van der Waals surface area contributed by atoms with Gasteiger partial charge in [-0.15, -0.1) is 0 Å². The maximum absolute atomic E-state index is 2.37. The lowest BCUT2D eigenvalue weighted by Gasteiger charge is -2.24. The first kappa shape index (κ1) is 14.9. The average Bonchev–Trinajstić information content (AvgIpc) is 2.50. The highest BCUT2D eigenvalue weighted by Gasteiger charge is 2.33. The lowest BCUT2D eigenvalue weighted by molar-refractivity contribution is -0.658. The number of benzene rings is 1. The summed E-state index contributed by atoms with van der Waals surface area (Å²) in [7, 11) is 2.12. The molecule has 3 heteroatoms. The minimum absolute atomic E-state index is 0.349. The molecule has 22 heavy (non-hydrogen) atoms. The predicted octanol–water partition coefficient (Wildman–Crippen LogP) is 3.03. The number of rotatable bonds is 3. The van der Waals surface area contributed by atoms with Crippen molar-refractivity contribution in [3.63, 3.8) is 0 Å². The molecule has 1 aromatic carbocycles. The van der Waals surface area contributed by atoms with E-state index in [0.717, 1.165) is 6.42 Å². The lowest BCUT2D eigenvalue weighted by Crippen LogP contribution is -2.51. The molecule has 112 valence electrons. The van der Waals surface area contributed by atoms with Gasteiger partial charge in [-0.05, 0) is 47.9 Å². The van der Waals surface area contributed by atoms with Gasteiger partial charge in [0.15, 0.2) is 0 Å².